The van der Waals surface area contributed by atoms with Crippen molar-refractivity contribution in [3.8, 4) is 22.7 Å². The van der Waals surface area contributed by atoms with Crippen LogP contribution in [0.1, 0.15) is 0 Å². The number of aromatic hydroxyl groups is 1. The highest BCUT2D eigenvalue weighted by Gasteiger charge is 2.10. The minimum atomic E-state index is 0.226. The summed E-state index contributed by atoms with van der Waals surface area (Å²) in [6.45, 7) is 0. The molecule has 0 bridgehead atoms. The minimum absolute atomic E-state index is 0.226. The fourth-order valence-electron chi connectivity index (χ4n) is 2.00. The van der Waals surface area contributed by atoms with Crippen molar-refractivity contribution in [2.45, 2.75) is 0 Å². The first kappa shape index (κ1) is 13.0. The van der Waals surface area contributed by atoms with Gasteiger partial charge in [-0.2, -0.15) is 5.10 Å². The summed E-state index contributed by atoms with van der Waals surface area (Å²) in [5.41, 5.74) is 2.57. The van der Waals surface area contributed by atoms with Crippen molar-refractivity contribution in [3.05, 3.63) is 64.8 Å². The summed E-state index contributed by atoms with van der Waals surface area (Å²) >= 11 is 12.1. The van der Waals surface area contributed by atoms with E-state index >= 15 is 0 Å². The lowest BCUT2D eigenvalue weighted by atomic mass is 10.1. The lowest BCUT2D eigenvalue weighted by Gasteiger charge is -2.10. The number of phenolic OH excluding ortho intramolecular Hbond substituents is 1. The van der Waals surface area contributed by atoms with Gasteiger partial charge >= 0.3 is 0 Å². The van der Waals surface area contributed by atoms with Crippen LogP contribution in [-0.4, -0.2) is 14.9 Å². The molecule has 0 aliphatic rings. The third-order valence-corrected chi connectivity index (χ3v) is 3.48. The van der Waals surface area contributed by atoms with Gasteiger partial charge in [0.2, 0.25) is 0 Å². The molecular weight excluding hydrogens is 295 g/mol. The molecule has 1 aromatic heterocycles. The number of rotatable bonds is 2. The van der Waals surface area contributed by atoms with Crippen molar-refractivity contribution in [3.63, 3.8) is 0 Å². The molecule has 0 fully saturated rings. The summed E-state index contributed by atoms with van der Waals surface area (Å²) in [5.74, 6) is 0.226. The monoisotopic (exact) mass is 304 g/mol. The number of hydrogen-bond acceptors (Lipinski definition) is 2. The molecule has 5 heteroatoms. The van der Waals surface area contributed by atoms with E-state index in [9.17, 15) is 5.11 Å². The van der Waals surface area contributed by atoms with Gasteiger partial charge in [-0.1, -0.05) is 23.2 Å². The molecule has 0 saturated heterocycles. The molecule has 2 aromatic carbocycles. The van der Waals surface area contributed by atoms with E-state index in [1.165, 1.54) is 0 Å². The zero-order chi connectivity index (χ0) is 14.1. The first-order valence-corrected chi connectivity index (χ1v) is 6.69. The molecule has 20 heavy (non-hydrogen) atoms. The molecular formula is C15H10Cl2N2O. The summed E-state index contributed by atoms with van der Waals surface area (Å²) < 4.78 is 1.74. The van der Waals surface area contributed by atoms with Crippen LogP contribution >= 0.6 is 23.2 Å². The average Bonchev–Trinajstić information content (AvgIpc) is 2.88. The van der Waals surface area contributed by atoms with Gasteiger partial charge in [-0.3, -0.25) is 0 Å². The van der Waals surface area contributed by atoms with Crippen LogP contribution in [0.4, 0.5) is 0 Å². The Morgan fingerprint density at radius 2 is 1.70 bits per heavy atom. The van der Waals surface area contributed by atoms with Crippen molar-refractivity contribution in [1.82, 2.24) is 9.78 Å². The SMILES string of the molecule is Oc1ccc(-c2ccnn2-c2ccc(Cl)cc2Cl)cc1. The van der Waals surface area contributed by atoms with Gasteiger partial charge in [0, 0.05) is 10.6 Å². The van der Waals surface area contributed by atoms with Crippen LogP contribution in [-0.2, 0) is 0 Å². The number of halogens is 2. The molecule has 0 atom stereocenters. The Hall–Kier alpha value is -1.97. The van der Waals surface area contributed by atoms with Crippen LogP contribution in [0.2, 0.25) is 10.0 Å². The van der Waals surface area contributed by atoms with Crippen molar-refractivity contribution >= 4 is 23.2 Å². The van der Waals surface area contributed by atoms with Gasteiger partial charge in [-0.25, -0.2) is 4.68 Å². The number of nitrogens with zero attached hydrogens (tertiary/aromatic N) is 2. The van der Waals surface area contributed by atoms with Gasteiger partial charge < -0.3 is 5.11 Å². The Bertz CT molecular complexity index is 751. The zero-order valence-electron chi connectivity index (χ0n) is 10.3. The van der Waals surface area contributed by atoms with Gasteiger partial charge in [0.15, 0.2) is 0 Å². The van der Waals surface area contributed by atoms with Gasteiger partial charge in [0.1, 0.15) is 5.75 Å². The van der Waals surface area contributed by atoms with E-state index in [0.717, 1.165) is 16.9 Å². The van der Waals surface area contributed by atoms with E-state index in [0.29, 0.717) is 10.0 Å². The average molecular weight is 305 g/mol. The molecule has 0 radical (unpaired) electrons. The molecule has 1 N–H and O–H groups in total. The Kier molecular flexibility index (Phi) is 3.38. The van der Waals surface area contributed by atoms with E-state index in [-0.39, 0.29) is 5.75 Å². The molecule has 0 saturated carbocycles. The van der Waals surface area contributed by atoms with Crippen molar-refractivity contribution in [2.24, 2.45) is 0 Å². The number of phenols is 1. The van der Waals surface area contributed by atoms with Crippen LogP contribution in [0.25, 0.3) is 16.9 Å². The second kappa shape index (κ2) is 5.19. The normalized spacial score (nSPS) is 10.7. The van der Waals surface area contributed by atoms with Crippen LogP contribution in [0, 0.1) is 0 Å². The molecule has 0 unspecified atom stereocenters. The molecule has 3 rings (SSSR count). The van der Waals surface area contributed by atoms with Crippen molar-refractivity contribution in [2.75, 3.05) is 0 Å². The highest BCUT2D eigenvalue weighted by Crippen LogP contribution is 2.29. The number of aromatic nitrogens is 2. The van der Waals surface area contributed by atoms with Crippen LogP contribution in [0.15, 0.2) is 54.7 Å². The summed E-state index contributed by atoms with van der Waals surface area (Å²) in [5, 5.41) is 14.8. The summed E-state index contributed by atoms with van der Waals surface area (Å²) in [6, 6.07) is 14.1. The fourth-order valence-corrected chi connectivity index (χ4v) is 2.49. The maximum absolute atomic E-state index is 9.36. The lowest BCUT2D eigenvalue weighted by molar-refractivity contribution is 0.475. The van der Waals surface area contributed by atoms with E-state index in [4.69, 9.17) is 23.2 Å². The molecule has 0 aliphatic heterocycles. The number of benzene rings is 2. The highest BCUT2D eigenvalue weighted by molar-refractivity contribution is 6.35. The predicted octanol–water partition coefficient (Wildman–Crippen LogP) is 4.55. The number of hydrogen-bond donors (Lipinski definition) is 1. The topological polar surface area (TPSA) is 38.1 Å². The largest absolute Gasteiger partial charge is 0.508 e. The summed E-state index contributed by atoms with van der Waals surface area (Å²) in [6.07, 6.45) is 1.70. The van der Waals surface area contributed by atoms with E-state index < -0.39 is 0 Å². The van der Waals surface area contributed by atoms with E-state index in [2.05, 4.69) is 5.10 Å². The standard InChI is InChI=1S/C15H10Cl2N2O/c16-11-3-6-15(13(17)9-11)19-14(7-8-18-19)10-1-4-12(20)5-2-10/h1-9,20H. The summed E-state index contributed by atoms with van der Waals surface area (Å²) in [4.78, 5) is 0. The second-order valence-electron chi connectivity index (χ2n) is 4.27. The van der Waals surface area contributed by atoms with E-state index in [1.807, 2.05) is 24.3 Å². The van der Waals surface area contributed by atoms with Gasteiger partial charge in [-0.15, -0.1) is 0 Å². The maximum Gasteiger partial charge on any atom is 0.115 e. The van der Waals surface area contributed by atoms with Crippen LogP contribution in [0.3, 0.4) is 0 Å². The van der Waals surface area contributed by atoms with Crippen LogP contribution in [0.5, 0.6) is 5.75 Å². The Morgan fingerprint density at radius 1 is 0.950 bits per heavy atom. The van der Waals surface area contributed by atoms with E-state index in [1.54, 1.807) is 35.1 Å². The molecule has 3 nitrogen and oxygen atoms in total. The molecule has 3 aromatic rings. The van der Waals surface area contributed by atoms with Gasteiger partial charge in [0.25, 0.3) is 0 Å². The summed E-state index contributed by atoms with van der Waals surface area (Å²) in [7, 11) is 0. The van der Waals surface area contributed by atoms with Gasteiger partial charge in [-0.05, 0) is 48.5 Å². The maximum atomic E-state index is 9.36. The Morgan fingerprint density at radius 3 is 2.40 bits per heavy atom. The quantitative estimate of drug-likeness (QED) is 0.754. The Balaban J connectivity index is 2.12. The van der Waals surface area contributed by atoms with Crippen molar-refractivity contribution in [1.29, 1.82) is 0 Å². The lowest BCUT2D eigenvalue weighted by Crippen LogP contribution is -1.99. The smallest absolute Gasteiger partial charge is 0.115 e. The minimum Gasteiger partial charge on any atom is -0.508 e. The van der Waals surface area contributed by atoms with Crippen LogP contribution < -0.4 is 0 Å². The third-order valence-electron chi connectivity index (χ3n) is 2.94. The third kappa shape index (κ3) is 2.38. The first-order valence-electron chi connectivity index (χ1n) is 5.94. The molecule has 100 valence electrons. The Labute approximate surface area is 126 Å². The van der Waals surface area contributed by atoms with Gasteiger partial charge in [0.05, 0.1) is 22.6 Å². The molecule has 0 spiro atoms. The molecule has 1 heterocycles. The predicted molar refractivity (Wildman–Crippen MR) is 80.7 cm³/mol. The fraction of sp³-hybridized carbons (Fsp3) is 0. The second-order valence-corrected chi connectivity index (χ2v) is 5.11. The van der Waals surface area contributed by atoms with Crippen molar-refractivity contribution < 1.29 is 5.11 Å². The molecule has 0 amide bonds. The molecule has 0 aliphatic carbocycles. The zero-order valence-corrected chi connectivity index (χ0v) is 11.8. The highest BCUT2D eigenvalue weighted by atomic mass is 35.5. The first-order chi connectivity index (χ1) is 9.65.